The molecule has 1 fully saturated rings. The van der Waals surface area contributed by atoms with Crippen LogP contribution in [0, 0.1) is 5.92 Å². The molecule has 12 heavy (non-hydrogen) atoms. The third-order valence-electron chi connectivity index (χ3n) is 2.05. The van der Waals surface area contributed by atoms with Crippen molar-refractivity contribution >= 4 is 5.78 Å². The number of hydrogen-bond donors (Lipinski definition) is 1. The molecule has 0 saturated heterocycles. The highest BCUT2D eigenvalue weighted by atomic mass is 19.4. The average Bonchev–Trinajstić information content (AvgIpc) is 1.92. The fraction of sp³-hybridized carbons (Fsp3) is 0.857. The predicted octanol–water partition coefficient (Wildman–Crippen LogP) is 1.28. The number of halogens is 3. The van der Waals surface area contributed by atoms with E-state index < -0.39 is 30.4 Å². The van der Waals surface area contributed by atoms with Gasteiger partial charge in [-0.3, -0.25) is 4.79 Å². The first-order chi connectivity index (χ1) is 5.41. The second kappa shape index (κ2) is 3.05. The van der Waals surface area contributed by atoms with Crippen molar-refractivity contribution in [3.8, 4) is 0 Å². The molecule has 5 heteroatoms. The van der Waals surface area contributed by atoms with E-state index >= 15 is 0 Å². The number of aliphatic hydroxyl groups is 1. The topological polar surface area (TPSA) is 37.3 Å². The van der Waals surface area contributed by atoms with Gasteiger partial charge in [0, 0.05) is 12.8 Å². The van der Waals surface area contributed by atoms with E-state index in [-0.39, 0.29) is 12.8 Å². The highest BCUT2D eigenvalue weighted by molar-refractivity contribution is 5.79. The highest BCUT2D eigenvalue weighted by Crippen LogP contribution is 2.36. The van der Waals surface area contributed by atoms with Gasteiger partial charge in [0.15, 0.2) is 0 Å². The zero-order chi connectivity index (χ0) is 9.35. The standard InChI is InChI=1S/C7H9F3O2/c8-7(9,10)5-3-4(11)1-2-6(5)12/h5-6,12H,1-3H2. The van der Waals surface area contributed by atoms with Crippen molar-refractivity contribution in [2.75, 3.05) is 0 Å². The Morgan fingerprint density at radius 3 is 2.42 bits per heavy atom. The van der Waals surface area contributed by atoms with E-state index in [0.29, 0.717) is 0 Å². The Morgan fingerprint density at radius 2 is 2.00 bits per heavy atom. The van der Waals surface area contributed by atoms with E-state index in [9.17, 15) is 18.0 Å². The van der Waals surface area contributed by atoms with Crippen molar-refractivity contribution in [3.05, 3.63) is 0 Å². The molecule has 1 N–H and O–H groups in total. The van der Waals surface area contributed by atoms with E-state index in [1.165, 1.54) is 0 Å². The first kappa shape index (κ1) is 9.51. The summed E-state index contributed by atoms with van der Waals surface area (Å²) in [5.41, 5.74) is 0. The SMILES string of the molecule is O=C1CCC(O)C(C(F)(F)F)C1. The molecule has 0 heterocycles. The minimum absolute atomic E-state index is 0.0632. The third kappa shape index (κ3) is 1.97. The number of ketones is 1. The number of carbonyl (C=O) groups excluding carboxylic acids is 1. The Kier molecular flexibility index (Phi) is 2.41. The predicted molar refractivity (Wildman–Crippen MR) is 34.4 cm³/mol. The Bertz CT molecular complexity index is 188. The molecule has 0 aromatic heterocycles. The van der Waals surface area contributed by atoms with Crippen LogP contribution in [0.25, 0.3) is 0 Å². The van der Waals surface area contributed by atoms with E-state index in [2.05, 4.69) is 0 Å². The Hall–Kier alpha value is -0.580. The van der Waals surface area contributed by atoms with Crippen molar-refractivity contribution in [2.24, 2.45) is 5.92 Å². The maximum absolute atomic E-state index is 12.1. The van der Waals surface area contributed by atoms with Crippen molar-refractivity contribution in [1.82, 2.24) is 0 Å². The average molecular weight is 182 g/mol. The summed E-state index contributed by atoms with van der Waals surface area (Å²) in [5, 5.41) is 8.95. The largest absolute Gasteiger partial charge is 0.394 e. The van der Waals surface area contributed by atoms with Crippen LogP contribution in [-0.4, -0.2) is 23.2 Å². The lowest BCUT2D eigenvalue weighted by Gasteiger charge is -2.28. The molecule has 0 radical (unpaired) electrons. The molecule has 0 amide bonds. The van der Waals surface area contributed by atoms with Gasteiger partial charge in [-0.05, 0) is 6.42 Å². The fourth-order valence-corrected chi connectivity index (χ4v) is 1.33. The maximum atomic E-state index is 12.1. The molecule has 0 aromatic carbocycles. The Balaban J connectivity index is 2.67. The number of hydrogen-bond acceptors (Lipinski definition) is 2. The zero-order valence-corrected chi connectivity index (χ0v) is 6.27. The van der Waals surface area contributed by atoms with Gasteiger partial charge in [0.05, 0.1) is 12.0 Å². The van der Waals surface area contributed by atoms with Crippen LogP contribution in [0.3, 0.4) is 0 Å². The third-order valence-corrected chi connectivity index (χ3v) is 2.05. The smallest absolute Gasteiger partial charge is 0.392 e. The molecule has 2 unspecified atom stereocenters. The van der Waals surface area contributed by atoms with Crippen LogP contribution >= 0.6 is 0 Å². The van der Waals surface area contributed by atoms with Gasteiger partial charge in [-0.15, -0.1) is 0 Å². The summed E-state index contributed by atoms with van der Waals surface area (Å²) in [4.78, 5) is 10.7. The summed E-state index contributed by atoms with van der Waals surface area (Å²) < 4.78 is 36.2. The lowest BCUT2D eigenvalue weighted by molar-refractivity contribution is -0.207. The molecule has 0 aliphatic heterocycles. The van der Waals surface area contributed by atoms with Crippen LogP contribution in [0.2, 0.25) is 0 Å². The summed E-state index contributed by atoms with van der Waals surface area (Å²) in [5.74, 6) is -2.26. The van der Waals surface area contributed by atoms with Crippen LogP contribution in [0.1, 0.15) is 19.3 Å². The quantitative estimate of drug-likeness (QED) is 0.612. The molecule has 0 aromatic rings. The Morgan fingerprint density at radius 1 is 1.42 bits per heavy atom. The van der Waals surface area contributed by atoms with Gasteiger partial charge in [0.25, 0.3) is 0 Å². The molecular weight excluding hydrogens is 173 g/mol. The summed E-state index contributed by atoms with van der Waals surface area (Å²) in [7, 11) is 0. The number of rotatable bonds is 0. The van der Waals surface area contributed by atoms with Gasteiger partial charge in [-0.2, -0.15) is 13.2 Å². The van der Waals surface area contributed by atoms with Crippen LogP contribution in [0.15, 0.2) is 0 Å². The lowest BCUT2D eigenvalue weighted by atomic mass is 9.85. The number of carbonyl (C=O) groups is 1. The highest BCUT2D eigenvalue weighted by Gasteiger charge is 2.46. The Labute approximate surface area is 67.4 Å². The van der Waals surface area contributed by atoms with E-state index in [1.807, 2.05) is 0 Å². The van der Waals surface area contributed by atoms with E-state index in [4.69, 9.17) is 5.11 Å². The van der Waals surface area contributed by atoms with Crippen LogP contribution in [-0.2, 0) is 4.79 Å². The minimum Gasteiger partial charge on any atom is -0.392 e. The van der Waals surface area contributed by atoms with E-state index in [1.54, 1.807) is 0 Å². The second-order valence-electron chi connectivity index (χ2n) is 3.00. The first-order valence-electron chi connectivity index (χ1n) is 3.67. The van der Waals surface area contributed by atoms with E-state index in [0.717, 1.165) is 0 Å². The summed E-state index contributed by atoms with van der Waals surface area (Å²) in [6.07, 6.45) is -6.42. The van der Waals surface area contributed by atoms with Crippen LogP contribution in [0.5, 0.6) is 0 Å². The van der Waals surface area contributed by atoms with Crippen molar-refractivity contribution in [1.29, 1.82) is 0 Å². The van der Waals surface area contributed by atoms with Gasteiger partial charge >= 0.3 is 6.18 Å². The van der Waals surface area contributed by atoms with Crippen LogP contribution < -0.4 is 0 Å². The molecular formula is C7H9F3O2. The fourth-order valence-electron chi connectivity index (χ4n) is 1.33. The van der Waals surface area contributed by atoms with Crippen molar-refractivity contribution in [2.45, 2.75) is 31.5 Å². The molecule has 70 valence electrons. The summed E-state index contributed by atoms with van der Waals surface area (Å²) >= 11 is 0. The summed E-state index contributed by atoms with van der Waals surface area (Å²) in [6, 6.07) is 0. The summed E-state index contributed by atoms with van der Waals surface area (Å²) in [6.45, 7) is 0. The first-order valence-corrected chi connectivity index (χ1v) is 3.67. The van der Waals surface area contributed by atoms with Gasteiger partial charge < -0.3 is 5.11 Å². The van der Waals surface area contributed by atoms with Crippen molar-refractivity contribution < 1.29 is 23.1 Å². The zero-order valence-electron chi connectivity index (χ0n) is 6.27. The second-order valence-corrected chi connectivity index (χ2v) is 3.00. The normalized spacial score (nSPS) is 32.2. The molecule has 2 nitrogen and oxygen atoms in total. The molecule has 0 spiro atoms. The molecule has 1 aliphatic rings. The maximum Gasteiger partial charge on any atom is 0.394 e. The molecule has 1 rings (SSSR count). The van der Waals surface area contributed by atoms with Gasteiger partial charge in [0.1, 0.15) is 5.78 Å². The van der Waals surface area contributed by atoms with Gasteiger partial charge in [-0.1, -0.05) is 0 Å². The number of alkyl halides is 3. The molecule has 2 atom stereocenters. The molecule has 1 aliphatic carbocycles. The number of Topliss-reactive ketones (excluding diaryl/α,β-unsaturated/α-hetero) is 1. The molecule has 0 bridgehead atoms. The van der Waals surface area contributed by atoms with Crippen LogP contribution in [0.4, 0.5) is 13.2 Å². The van der Waals surface area contributed by atoms with Gasteiger partial charge in [-0.25, -0.2) is 0 Å². The monoisotopic (exact) mass is 182 g/mol. The molecule has 1 saturated carbocycles. The minimum atomic E-state index is -4.45. The van der Waals surface area contributed by atoms with Gasteiger partial charge in [0.2, 0.25) is 0 Å². The lowest BCUT2D eigenvalue weighted by Crippen LogP contribution is -2.39. The van der Waals surface area contributed by atoms with Crippen molar-refractivity contribution in [3.63, 3.8) is 0 Å². The number of aliphatic hydroxyl groups excluding tert-OH is 1.